The first kappa shape index (κ1) is 11.6. The molecule has 0 bridgehead atoms. The Morgan fingerprint density at radius 1 is 1.38 bits per heavy atom. The number of carbonyl (C=O) groups excluding carboxylic acids is 1. The highest BCUT2D eigenvalue weighted by Crippen LogP contribution is 2.22. The van der Waals surface area contributed by atoms with Crippen LogP contribution in [-0.4, -0.2) is 10.8 Å². The Bertz CT molecular complexity index is 511. The van der Waals surface area contributed by atoms with Crippen LogP contribution in [0.5, 0.6) is 0 Å². The smallest absolute Gasteiger partial charge is 0.186 e. The van der Waals surface area contributed by atoms with Crippen LogP contribution in [0.2, 0.25) is 10.0 Å². The summed E-state index contributed by atoms with van der Waals surface area (Å²) in [6, 6.07) is 5.09. The van der Waals surface area contributed by atoms with Gasteiger partial charge in [-0.05, 0) is 23.8 Å². The third-order valence-electron chi connectivity index (χ3n) is 2.08. The number of halogens is 2. The molecule has 1 heterocycles. The van der Waals surface area contributed by atoms with E-state index in [0.717, 1.165) is 5.56 Å². The second kappa shape index (κ2) is 4.95. The minimum atomic E-state index is -0.0505. The highest BCUT2D eigenvalue weighted by molar-refractivity contribution is 7.07. The number of rotatable bonds is 3. The summed E-state index contributed by atoms with van der Waals surface area (Å²) in [5.41, 5.74) is 2.83. The van der Waals surface area contributed by atoms with Crippen molar-refractivity contribution in [1.29, 1.82) is 0 Å². The van der Waals surface area contributed by atoms with E-state index in [1.165, 1.54) is 11.3 Å². The largest absolute Gasteiger partial charge is 0.292 e. The molecule has 0 radical (unpaired) electrons. The van der Waals surface area contributed by atoms with Crippen molar-refractivity contribution in [3.8, 4) is 0 Å². The summed E-state index contributed by atoms with van der Waals surface area (Å²) in [7, 11) is 0. The molecular formula is C11H7Cl2NOS. The molecule has 2 nitrogen and oxygen atoms in total. The van der Waals surface area contributed by atoms with E-state index in [0.29, 0.717) is 15.7 Å². The lowest BCUT2D eigenvalue weighted by molar-refractivity contribution is 0.0989. The summed E-state index contributed by atoms with van der Waals surface area (Å²) in [6.45, 7) is 0. The summed E-state index contributed by atoms with van der Waals surface area (Å²) >= 11 is 13.2. The lowest BCUT2D eigenvalue weighted by atomic mass is 10.1. The van der Waals surface area contributed by atoms with E-state index in [-0.39, 0.29) is 12.2 Å². The number of ketones is 1. The Morgan fingerprint density at radius 3 is 2.88 bits per heavy atom. The quantitative estimate of drug-likeness (QED) is 0.794. The van der Waals surface area contributed by atoms with Crippen molar-refractivity contribution in [3.05, 3.63) is 50.4 Å². The molecule has 1 aromatic heterocycles. The van der Waals surface area contributed by atoms with Crippen LogP contribution in [0.3, 0.4) is 0 Å². The number of nitrogens with zero attached hydrogens (tertiary/aromatic N) is 1. The fourth-order valence-electron chi connectivity index (χ4n) is 1.29. The molecule has 2 rings (SSSR count). The second-order valence-corrected chi connectivity index (χ2v) is 4.77. The van der Waals surface area contributed by atoms with Crippen LogP contribution < -0.4 is 0 Å². The molecule has 0 aliphatic heterocycles. The van der Waals surface area contributed by atoms with Crippen LogP contribution in [0.1, 0.15) is 16.1 Å². The summed E-state index contributed by atoms with van der Waals surface area (Å²) in [5.74, 6) is -0.0505. The first-order valence-corrected chi connectivity index (χ1v) is 6.22. The number of Topliss-reactive ketones (excluding diaryl/α,β-unsaturated/α-hetero) is 1. The molecule has 0 saturated heterocycles. The van der Waals surface area contributed by atoms with Crippen molar-refractivity contribution in [2.75, 3.05) is 0 Å². The van der Waals surface area contributed by atoms with Gasteiger partial charge in [0.1, 0.15) is 5.69 Å². The number of thiazole rings is 1. The van der Waals surface area contributed by atoms with Gasteiger partial charge in [0.25, 0.3) is 0 Å². The van der Waals surface area contributed by atoms with Crippen LogP contribution in [0.15, 0.2) is 29.1 Å². The van der Waals surface area contributed by atoms with Crippen molar-refractivity contribution >= 4 is 40.3 Å². The van der Waals surface area contributed by atoms with E-state index in [4.69, 9.17) is 23.2 Å². The highest BCUT2D eigenvalue weighted by Gasteiger charge is 2.11. The predicted molar refractivity (Wildman–Crippen MR) is 66.6 cm³/mol. The molecule has 5 heteroatoms. The topological polar surface area (TPSA) is 30.0 Å². The van der Waals surface area contributed by atoms with Gasteiger partial charge in [0.15, 0.2) is 5.78 Å². The molecule has 0 fully saturated rings. The van der Waals surface area contributed by atoms with Crippen LogP contribution in [-0.2, 0) is 6.42 Å². The van der Waals surface area contributed by atoms with Crippen molar-refractivity contribution in [2.24, 2.45) is 0 Å². The molecule has 0 spiro atoms. The van der Waals surface area contributed by atoms with Gasteiger partial charge in [-0.3, -0.25) is 4.79 Å². The van der Waals surface area contributed by atoms with Gasteiger partial charge in [0.05, 0.1) is 5.51 Å². The Hall–Kier alpha value is -0.900. The Kier molecular flexibility index (Phi) is 3.59. The lowest BCUT2D eigenvalue weighted by Crippen LogP contribution is -2.04. The average molecular weight is 272 g/mol. The zero-order valence-corrected chi connectivity index (χ0v) is 10.4. The zero-order valence-electron chi connectivity index (χ0n) is 8.11. The summed E-state index contributed by atoms with van der Waals surface area (Å²) < 4.78 is 0. The summed E-state index contributed by atoms with van der Waals surface area (Å²) in [4.78, 5) is 15.7. The molecule has 1 aromatic carbocycles. The second-order valence-electron chi connectivity index (χ2n) is 3.21. The molecule has 16 heavy (non-hydrogen) atoms. The van der Waals surface area contributed by atoms with E-state index in [1.54, 1.807) is 29.1 Å². The maximum atomic E-state index is 11.8. The SMILES string of the molecule is O=C(Cc1cc(Cl)ccc1Cl)c1cscn1. The standard InChI is InChI=1S/C11H7Cl2NOS/c12-8-1-2-9(13)7(3-8)4-11(15)10-5-16-6-14-10/h1-3,5-6H,4H2. The van der Waals surface area contributed by atoms with E-state index >= 15 is 0 Å². The van der Waals surface area contributed by atoms with E-state index in [9.17, 15) is 4.79 Å². The fraction of sp³-hybridized carbons (Fsp3) is 0.0909. The van der Waals surface area contributed by atoms with Crippen molar-refractivity contribution < 1.29 is 4.79 Å². The molecule has 0 N–H and O–H groups in total. The Labute approximate surface area is 107 Å². The van der Waals surface area contributed by atoms with E-state index in [2.05, 4.69) is 4.98 Å². The summed E-state index contributed by atoms with van der Waals surface area (Å²) in [6.07, 6.45) is 0.225. The van der Waals surface area contributed by atoms with Crippen molar-refractivity contribution in [3.63, 3.8) is 0 Å². The van der Waals surface area contributed by atoms with E-state index in [1.807, 2.05) is 0 Å². The minimum Gasteiger partial charge on any atom is -0.292 e. The number of hydrogen-bond donors (Lipinski definition) is 0. The monoisotopic (exact) mass is 271 g/mol. The number of carbonyl (C=O) groups is 1. The van der Waals surface area contributed by atoms with Crippen LogP contribution in [0.4, 0.5) is 0 Å². The van der Waals surface area contributed by atoms with Gasteiger partial charge in [0, 0.05) is 21.8 Å². The van der Waals surface area contributed by atoms with Crippen molar-refractivity contribution in [2.45, 2.75) is 6.42 Å². The third-order valence-corrected chi connectivity index (χ3v) is 3.27. The lowest BCUT2D eigenvalue weighted by Gasteiger charge is -2.02. The van der Waals surface area contributed by atoms with Crippen molar-refractivity contribution in [1.82, 2.24) is 4.98 Å². The average Bonchev–Trinajstić information content (AvgIpc) is 2.76. The minimum absolute atomic E-state index is 0.0505. The Balaban J connectivity index is 2.21. The molecule has 0 aliphatic carbocycles. The summed E-state index contributed by atoms with van der Waals surface area (Å²) in [5, 5.41) is 2.85. The molecule has 82 valence electrons. The highest BCUT2D eigenvalue weighted by atomic mass is 35.5. The molecule has 0 amide bonds. The zero-order chi connectivity index (χ0) is 11.5. The van der Waals surface area contributed by atoms with Gasteiger partial charge >= 0.3 is 0 Å². The first-order valence-electron chi connectivity index (χ1n) is 4.52. The maximum Gasteiger partial charge on any atom is 0.186 e. The number of hydrogen-bond acceptors (Lipinski definition) is 3. The fourth-order valence-corrected chi connectivity index (χ4v) is 2.23. The molecule has 2 aromatic rings. The molecular weight excluding hydrogens is 265 g/mol. The van der Waals surface area contributed by atoms with Gasteiger partial charge in [-0.25, -0.2) is 4.98 Å². The number of benzene rings is 1. The van der Waals surface area contributed by atoms with Gasteiger partial charge in [0.2, 0.25) is 0 Å². The van der Waals surface area contributed by atoms with Crippen LogP contribution >= 0.6 is 34.5 Å². The Morgan fingerprint density at radius 2 is 2.19 bits per heavy atom. The maximum absolute atomic E-state index is 11.8. The normalized spacial score (nSPS) is 10.4. The van der Waals surface area contributed by atoms with Gasteiger partial charge < -0.3 is 0 Å². The van der Waals surface area contributed by atoms with Gasteiger partial charge in [-0.15, -0.1) is 11.3 Å². The first-order chi connectivity index (χ1) is 7.66. The van der Waals surface area contributed by atoms with Gasteiger partial charge in [-0.2, -0.15) is 0 Å². The third kappa shape index (κ3) is 2.61. The molecule has 0 atom stereocenters. The molecule has 0 saturated carbocycles. The van der Waals surface area contributed by atoms with Crippen LogP contribution in [0, 0.1) is 0 Å². The predicted octanol–water partition coefficient (Wildman–Crippen LogP) is 3.88. The molecule has 0 unspecified atom stereocenters. The number of aromatic nitrogens is 1. The van der Waals surface area contributed by atoms with Gasteiger partial charge in [-0.1, -0.05) is 23.2 Å². The van der Waals surface area contributed by atoms with E-state index < -0.39 is 0 Å². The molecule has 0 aliphatic rings. The van der Waals surface area contributed by atoms with Crippen LogP contribution in [0.25, 0.3) is 0 Å².